The lowest BCUT2D eigenvalue weighted by atomic mass is 9.93. The van der Waals surface area contributed by atoms with Gasteiger partial charge in [0, 0.05) is 27.1 Å². The van der Waals surface area contributed by atoms with Crippen LogP contribution >= 0.6 is 0 Å². The zero-order chi connectivity index (χ0) is 33.3. The standard InChI is InChI=1S/C41H25F3N4/c1-24-11-14-31-29-7-3-5-9-35(29)47(38(31)17-24)37-21-33(28-16-13-26(22-45)19-34(28)41(42,43)44)40(20-27(37)23-46)48-36-10-6-4-8-30(36)32-15-12-25(2)18-39(32)48/h3-21H,1-2H3. The number of nitrogens with zero attached hydrogens (tertiary/aromatic N) is 4. The minimum atomic E-state index is -4.76. The van der Waals surface area contributed by atoms with Gasteiger partial charge in [-0.2, -0.15) is 23.7 Å². The molecule has 0 N–H and O–H groups in total. The van der Waals surface area contributed by atoms with Crippen LogP contribution in [0.25, 0.3) is 66.1 Å². The van der Waals surface area contributed by atoms with Crippen LogP contribution in [-0.4, -0.2) is 9.13 Å². The van der Waals surface area contributed by atoms with Crippen LogP contribution in [0.15, 0.2) is 115 Å². The van der Waals surface area contributed by atoms with Gasteiger partial charge in [0.15, 0.2) is 0 Å². The summed E-state index contributed by atoms with van der Waals surface area (Å²) >= 11 is 0. The number of halogens is 3. The Bertz CT molecular complexity index is 2710. The normalized spacial score (nSPS) is 11.8. The van der Waals surface area contributed by atoms with E-state index in [0.717, 1.165) is 60.8 Å². The summed E-state index contributed by atoms with van der Waals surface area (Å²) < 4.78 is 48.6. The molecule has 48 heavy (non-hydrogen) atoms. The number of nitriles is 2. The van der Waals surface area contributed by atoms with Crippen LogP contribution in [0.5, 0.6) is 0 Å². The minimum Gasteiger partial charge on any atom is -0.309 e. The van der Waals surface area contributed by atoms with E-state index in [4.69, 9.17) is 0 Å². The molecule has 0 aliphatic carbocycles. The molecule has 0 aliphatic rings. The van der Waals surface area contributed by atoms with Gasteiger partial charge in [0.1, 0.15) is 6.07 Å². The molecule has 2 heterocycles. The Labute approximate surface area is 273 Å². The minimum absolute atomic E-state index is 0.0854. The molecule has 0 amide bonds. The van der Waals surface area contributed by atoms with E-state index in [9.17, 15) is 23.7 Å². The van der Waals surface area contributed by atoms with Crippen molar-refractivity contribution in [3.8, 4) is 34.6 Å². The lowest BCUT2D eigenvalue weighted by Gasteiger charge is -2.21. The zero-order valence-corrected chi connectivity index (χ0v) is 25.9. The van der Waals surface area contributed by atoms with Crippen molar-refractivity contribution >= 4 is 43.6 Å². The topological polar surface area (TPSA) is 57.4 Å². The van der Waals surface area contributed by atoms with E-state index in [1.54, 1.807) is 12.1 Å². The average Bonchev–Trinajstić information content (AvgIpc) is 3.58. The Balaban J connectivity index is 1.58. The predicted octanol–water partition coefficient (Wildman–Crippen LogP) is 10.9. The summed E-state index contributed by atoms with van der Waals surface area (Å²) in [6, 6.07) is 39.0. The summed E-state index contributed by atoms with van der Waals surface area (Å²) in [5, 5.41) is 24.1. The maximum absolute atomic E-state index is 14.9. The zero-order valence-electron chi connectivity index (χ0n) is 25.9. The van der Waals surface area contributed by atoms with E-state index in [-0.39, 0.29) is 16.7 Å². The van der Waals surface area contributed by atoms with E-state index in [0.29, 0.717) is 16.9 Å². The lowest BCUT2D eigenvalue weighted by Crippen LogP contribution is -2.10. The molecule has 0 atom stereocenters. The number of alkyl halides is 3. The van der Waals surface area contributed by atoms with Gasteiger partial charge in [0.25, 0.3) is 0 Å². The number of rotatable bonds is 3. The van der Waals surface area contributed by atoms with Gasteiger partial charge in [-0.15, -0.1) is 0 Å². The number of fused-ring (bicyclic) bond motifs is 6. The molecule has 0 fully saturated rings. The average molecular weight is 631 g/mol. The third kappa shape index (κ3) is 4.36. The molecule has 2 aromatic heterocycles. The summed E-state index contributed by atoms with van der Waals surface area (Å²) in [6.07, 6.45) is -4.76. The molecular formula is C41H25F3N4. The van der Waals surface area contributed by atoms with Crippen LogP contribution in [-0.2, 0) is 6.18 Å². The Kier molecular flexibility index (Phi) is 6.44. The second-order valence-electron chi connectivity index (χ2n) is 12.1. The van der Waals surface area contributed by atoms with Crippen LogP contribution in [0, 0.1) is 36.5 Å². The van der Waals surface area contributed by atoms with Crippen LogP contribution in [0.1, 0.15) is 27.8 Å². The van der Waals surface area contributed by atoms with Crippen molar-refractivity contribution in [2.75, 3.05) is 0 Å². The lowest BCUT2D eigenvalue weighted by molar-refractivity contribution is -0.137. The maximum atomic E-state index is 14.9. The molecule has 230 valence electrons. The molecule has 0 saturated carbocycles. The fourth-order valence-corrected chi connectivity index (χ4v) is 7.02. The van der Waals surface area contributed by atoms with E-state index >= 15 is 0 Å². The Morgan fingerprint density at radius 3 is 1.60 bits per heavy atom. The van der Waals surface area contributed by atoms with Gasteiger partial charge >= 0.3 is 6.18 Å². The fraction of sp³-hybridized carbons (Fsp3) is 0.0732. The molecule has 0 unspecified atom stereocenters. The molecular weight excluding hydrogens is 605 g/mol. The van der Waals surface area contributed by atoms with Crippen molar-refractivity contribution in [2.24, 2.45) is 0 Å². The number of aryl methyl sites for hydroxylation is 2. The molecule has 0 spiro atoms. The number of aromatic nitrogens is 2. The quantitative estimate of drug-likeness (QED) is 0.195. The highest BCUT2D eigenvalue weighted by atomic mass is 19.4. The third-order valence-electron chi connectivity index (χ3n) is 9.12. The first kappa shape index (κ1) is 29.1. The molecule has 0 saturated heterocycles. The van der Waals surface area contributed by atoms with Gasteiger partial charge in [0.2, 0.25) is 0 Å². The molecule has 0 radical (unpaired) electrons. The second-order valence-corrected chi connectivity index (χ2v) is 12.1. The van der Waals surface area contributed by atoms with Crippen molar-refractivity contribution in [3.63, 3.8) is 0 Å². The third-order valence-corrected chi connectivity index (χ3v) is 9.12. The van der Waals surface area contributed by atoms with Crippen molar-refractivity contribution in [1.29, 1.82) is 10.5 Å². The molecule has 0 aliphatic heterocycles. The van der Waals surface area contributed by atoms with Crippen LogP contribution < -0.4 is 0 Å². The largest absolute Gasteiger partial charge is 0.417 e. The second kappa shape index (κ2) is 10.6. The fourth-order valence-electron chi connectivity index (χ4n) is 7.02. The highest BCUT2D eigenvalue weighted by molar-refractivity contribution is 6.11. The van der Waals surface area contributed by atoms with E-state index in [1.165, 1.54) is 12.1 Å². The Hall–Kier alpha value is -6.31. The smallest absolute Gasteiger partial charge is 0.309 e. The first-order chi connectivity index (χ1) is 23.2. The van der Waals surface area contributed by atoms with E-state index < -0.39 is 11.7 Å². The van der Waals surface area contributed by atoms with Crippen molar-refractivity contribution in [3.05, 3.63) is 143 Å². The van der Waals surface area contributed by atoms with Crippen LogP contribution in [0.2, 0.25) is 0 Å². The van der Waals surface area contributed by atoms with Gasteiger partial charge in [0.05, 0.1) is 56.2 Å². The first-order valence-corrected chi connectivity index (χ1v) is 15.4. The SMILES string of the molecule is Cc1ccc2c3ccccc3n(-c3cc(-c4ccc(C#N)cc4C(F)(F)F)c(-n4c5ccccc5c5ccc(C)cc54)cc3C#N)c2c1. The summed E-state index contributed by atoms with van der Waals surface area (Å²) in [5.74, 6) is 0. The number of hydrogen-bond acceptors (Lipinski definition) is 2. The van der Waals surface area contributed by atoms with Gasteiger partial charge in [-0.05, 0) is 79.1 Å². The van der Waals surface area contributed by atoms with Gasteiger partial charge in [-0.25, -0.2) is 0 Å². The highest BCUT2D eigenvalue weighted by Gasteiger charge is 2.35. The summed E-state index contributed by atoms with van der Waals surface area (Å²) in [5.41, 5.74) is 5.65. The van der Waals surface area contributed by atoms with Crippen molar-refractivity contribution in [1.82, 2.24) is 9.13 Å². The monoisotopic (exact) mass is 630 g/mol. The molecule has 7 heteroatoms. The van der Waals surface area contributed by atoms with Gasteiger partial charge < -0.3 is 9.13 Å². The number of benzene rings is 6. The van der Waals surface area contributed by atoms with Crippen molar-refractivity contribution in [2.45, 2.75) is 20.0 Å². The molecule has 8 aromatic rings. The Morgan fingerprint density at radius 2 is 1.06 bits per heavy atom. The van der Waals surface area contributed by atoms with Crippen molar-refractivity contribution < 1.29 is 13.2 Å². The van der Waals surface area contributed by atoms with Gasteiger partial charge in [-0.3, -0.25) is 0 Å². The number of para-hydroxylation sites is 2. The molecule has 8 rings (SSSR count). The summed E-state index contributed by atoms with van der Waals surface area (Å²) in [4.78, 5) is 0. The van der Waals surface area contributed by atoms with E-state index in [2.05, 4.69) is 6.07 Å². The molecule has 6 aromatic carbocycles. The Morgan fingerprint density at radius 1 is 0.521 bits per heavy atom. The van der Waals surface area contributed by atoms with Crippen LogP contribution in [0.3, 0.4) is 0 Å². The number of hydrogen-bond donors (Lipinski definition) is 0. The maximum Gasteiger partial charge on any atom is 0.417 e. The molecule has 0 bridgehead atoms. The highest BCUT2D eigenvalue weighted by Crippen LogP contribution is 2.44. The molecule has 4 nitrogen and oxygen atoms in total. The summed E-state index contributed by atoms with van der Waals surface area (Å²) in [7, 11) is 0. The first-order valence-electron chi connectivity index (χ1n) is 15.4. The van der Waals surface area contributed by atoms with E-state index in [1.807, 2.05) is 114 Å². The van der Waals surface area contributed by atoms with Crippen LogP contribution in [0.4, 0.5) is 13.2 Å². The van der Waals surface area contributed by atoms with Gasteiger partial charge in [-0.1, -0.05) is 66.7 Å². The summed E-state index contributed by atoms with van der Waals surface area (Å²) in [6.45, 7) is 3.95. The predicted molar refractivity (Wildman–Crippen MR) is 184 cm³/mol.